The normalized spacial score (nSPS) is 23.4. The Morgan fingerprint density at radius 1 is 1.10 bits per heavy atom. The van der Waals surface area contributed by atoms with Crippen LogP contribution in [0.5, 0.6) is 5.75 Å². The molecule has 2 fully saturated rings. The highest BCUT2D eigenvalue weighted by molar-refractivity contribution is 5.83. The molecule has 1 N–H and O–H groups in total. The highest BCUT2D eigenvalue weighted by Gasteiger charge is 2.46. The molecule has 1 saturated carbocycles. The van der Waals surface area contributed by atoms with Crippen LogP contribution < -0.4 is 4.74 Å². The predicted molar refractivity (Wildman–Crippen MR) is 107 cm³/mol. The molecule has 0 spiro atoms. The molecule has 152 valence electrons. The van der Waals surface area contributed by atoms with Crippen molar-refractivity contribution in [3.63, 3.8) is 0 Å². The summed E-state index contributed by atoms with van der Waals surface area (Å²) in [7, 11) is 0. The van der Waals surface area contributed by atoms with Crippen molar-refractivity contribution in [2.75, 3.05) is 19.7 Å². The number of rotatable bonds is 7. The van der Waals surface area contributed by atoms with Crippen LogP contribution >= 0.6 is 0 Å². The minimum absolute atomic E-state index is 0.0188. The van der Waals surface area contributed by atoms with Crippen LogP contribution in [0, 0.1) is 5.92 Å². The fourth-order valence-electron chi connectivity index (χ4n) is 3.86. The van der Waals surface area contributed by atoms with Crippen molar-refractivity contribution in [3.8, 4) is 5.75 Å². The molecule has 29 heavy (non-hydrogen) atoms. The van der Waals surface area contributed by atoms with E-state index in [4.69, 9.17) is 14.6 Å². The van der Waals surface area contributed by atoms with Crippen LogP contribution in [0.1, 0.15) is 29.9 Å². The summed E-state index contributed by atoms with van der Waals surface area (Å²) in [5.74, 6) is 0.230. The highest BCUT2D eigenvalue weighted by atomic mass is 16.5. The van der Waals surface area contributed by atoms with E-state index >= 15 is 0 Å². The number of hydrogen-bond donors (Lipinski definition) is 1. The maximum absolute atomic E-state index is 12.8. The van der Waals surface area contributed by atoms with Crippen LogP contribution in [0.25, 0.3) is 0 Å². The van der Waals surface area contributed by atoms with Crippen LogP contribution in [-0.2, 0) is 20.9 Å². The Labute approximate surface area is 170 Å². The summed E-state index contributed by atoms with van der Waals surface area (Å²) in [4.78, 5) is 25.5. The molecule has 2 aromatic rings. The molecule has 1 amide bonds. The van der Waals surface area contributed by atoms with Gasteiger partial charge in [0.1, 0.15) is 12.4 Å². The van der Waals surface area contributed by atoms with Crippen molar-refractivity contribution in [1.29, 1.82) is 0 Å². The average Bonchev–Trinajstić information content (AvgIpc) is 3.53. The minimum Gasteiger partial charge on any atom is -0.489 e. The third-order valence-electron chi connectivity index (χ3n) is 5.52. The molecular formula is C23H25NO5. The van der Waals surface area contributed by atoms with E-state index in [9.17, 15) is 9.59 Å². The highest BCUT2D eigenvalue weighted by Crippen LogP contribution is 2.48. The second kappa shape index (κ2) is 8.66. The van der Waals surface area contributed by atoms with Gasteiger partial charge in [0.2, 0.25) is 5.91 Å². The zero-order valence-corrected chi connectivity index (χ0v) is 16.2. The molecule has 1 heterocycles. The quantitative estimate of drug-likeness (QED) is 0.780. The lowest BCUT2D eigenvalue weighted by atomic mass is 10.1. The summed E-state index contributed by atoms with van der Waals surface area (Å²) in [5.41, 5.74) is 2.27. The van der Waals surface area contributed by atoms with Crippen molar-refractivity contribution in [3.05, 3.63) is 65.7 Å². The monoisotopic (exact) mass is 395 g/mol. The van der Waals surface area contributed by atoms with Crippen molar-refractivity contribution >= 4 is 11.9 Å². The molecule has 6 nitrogen and oxygen atoms in total. The van der Waals surface area contributed by atoms with Gasteiger partial charge in [-0.2, -0.15) is 0 Å². The lowest BCUT2D eigenvalue weighted by molar-refractivity contribution is -0.148. The molecule has 4 rings (SSSR count). The molecule has 1 aliphatic heterocycles. The number of nitrogens with zero attached hydrogens (tertiary/aromatic N) is 1. The van der Waals surface area contributed by atoms with E-state index in [2.05, 4.69) is 0 Å². The Morgan fingerprint density at radius 2 is 1.86 bits per heavy atom. The maximum Gasteiger partial charge on any atom is 0.306 e. The second-order valence-corrected chi connectivity index (χ2v) is 7.67. The number of carbonyl (C=O) groups is 2. The number of carboxylic acid groups (broad SMARTS) is 1. The number of ether oxygens (including phenoxy) is 2. The Kier molecular flexibility index (Phi) is 5.81. The molecule has 2 aliphatic rings. The van der Waals surface area contributed by atoms with Gasteiger partial charge in [-0.25, -0.2) is 0 Å². The Balaban J connectivity index is 1.29. The molecule has 6 heteroatoms. The first-order valence-electron chi connectivity index (χ1n) is 9.99. The summed E-state index contributed by atoms with van der Waals surface area (Å²) >= 11 is 0. The number of aliphatic carboxylic acids is 1. The van der Waals surface area contributed by atoms with Gasteiger partial charge in [-0.05, 0) is 35.6 Å². The fourth-order valence-corrected chi connectivity index (χ4v) is 3.86. The Hall–Kier alpha value is -2.86. The number of morpholine rings is 1. The van der Waals surface area contributed by atoms with Crippen molar-refractivity contribution < 1.29 is 24.2 Å². The van der Waals surface area contributed by atoms with Gasteiger partial charge in [-0.1, -0.05) is 42.5 Å². The zero-order valence-electron chi connectivity index (χ0n) is 16.2. The van der Waals surface area contributed by atoms with E-state index in [1.54, 1.807) is 4.90 Å². The Bertz CT molecular complexity index is 851. The molecule has 0 aromatic heterocycles. The molecule has 3 atom stereocenters. The van der Waals surface area contributed by atoms with Crippen LogP contribution in [0.3, 0.4) is 0 Å². The topological polar surface area (TPSA) is 76.1 Å². The first-order valence-corrected chi connectivity index (χ1v) is 9.99. The third kappa shape index (κ3) is 4.95. The predicted octanol–water partition coefficient (Wildman–Crippen LogP) is 3.07. The molecule has 1 saturated heterocycles. The number of amides is 1. The molecule has 1 aliphatic carbocycles. The van der Waals surface area contributed by atoms with Gasteiger partial charge < -0.3 is 19.5 Å². The van der Waals surface area contributed by atoms with Crippen LogP contribution in [0.4, 0.5) is 0 Å². The molecule has 3 unspecified atom stereocenters. The third-order valence-corrected chi connectivity index (χ3v) is 5.52. The van der Waals surface area contributed by atoms with Crippen molar-refractivity contribution in [2.24, 2.45) is 5.92 Å². The van der Waals surface area contributed by atoms with Gasteiger partial charge in [-0.15, -0.1) is 0 Å². The van der Waals surface area contributed by atoms with E-state index < -0.39 is 12.1 Å². The fraction of sp³-hybridized carbons (Fsp3) is 0.391. The van der Waals surface area contributed by atoms with Gasteiger partial charge in [0, 0.05) is 19.0 Å². The maximum atomic E-state index is 12.8. The van der Waals surface area contributed by atoms with Gasteiger partial charge in [0.05, 0.1) is 19.1 Å². The molecule has 2 aromatic carbocycles. The minimum atomic E-state index is -0.900. The van der Waals surface area contributed by atoms with E-state index in [0.717, 1.165) is 23.3 Å². The van der Waals surface area contributed by atoms with E-state index in [1.165, 1.54) is 0 Å². The van der Waals surface area contributed by atoms with Gasteiger partial charge >= 0.3 is 5.97 Å². The first kappa shape index (κ1) is 19.5. The van der Waals surface area contributed by atoms with Crippen LogP contribution in [0.2, 0.25) is 0 Å². The summed E-state index contributed by atoms with van der Waals surface area (Å²) in [5, 5.41) is 8.93. The van der Waals surface area contributed by atoms with Crippen LogP contribution in [-0.4, -0.2) is 47.7 Å². The van der Waals surface area contributed by atoms with E-state index in [0.29, 0.717) is 26.3 Å². The molecule has 0 radical (unpaired) electrons. The van der Waals surface area contributed by atoms with Crippen molar-refractivity contribution in [1.82, 2.24) is 4.90 Å². The lowest BCUT2D eigenvalue weighted by Gasteiger charge is -2.32. The number of carboxylic acids is 1. The lowest BCUT2D eigenvalue weighted by Crippen LogP contribution is -2.47. The summed E-state index contributed by atoms with van der Waals surface area (Å²) < 4.78 is 11.3. The summed E-state index contributed by atoms with van der Waals surface area (Å²) in [6.45, 7) is 1.82. The van der Waals surface area contributed by atoms with Gasteiger partial charge in [-0.3, -0.25) is 9.59 Å². The van der Waals surface area contributed by atoms with E-state index in [-0.39, 0.29) is 24.2 Å². The van der Waals surface area contributed by atoms with Gasteiger partial charge in [0.15, 0.2) is 0 Å². The smallest absolute Gasteiger partial charge is 0.306 e. The molecular weight excluding hydrogens is 370 g/mol. The Morgan fingerprint density at radius 3 is 2.59 bits per heavy atom. The number of hydrogen-bond acceptors (Lipinski definition) is 4. The van der Waals surface area contributed by atoms with Crippen LogP contribution in [0.15, 0.2) is 54.6 Å². The first-order chi connectivity index (χ1) is 14.1. The SMILES string of the molecule is O=C(O)CC1CN(C(=O)C2CC2c2ccc(OCc3ccccc3)cc2)CCO1. The van der Waals surface area contributed by atoms with E-state index in [1.807, 2.05) is 54.6 Å². The number of benzene rings is 2. The standard InChI is InChI=1S/C23H25NO5/c25-22(26)12-19-14-24(10-11-28-19)23(27)21-13-20(21)17-6-8-18(9-7-17)29-15-16-4-2-1-3-5-16/h1-9,19-21H,10-15H2,(H,25,26). The zero-order chi connectivity index (χ0) is 20.2. The molecule has 0 bridgehead atoms. The van der Waals surface area contributed by atoms with Crippen molar-refractivity contribution in [2.45, 2.75) is 31.5 Å². The average molecular weight is 395 g/mol. The largest absolute Gasteiger partial charge is 0.489 e. The summed E-state index contributed by atoms with van der Waals surface area (Å²) in [6, 6.07) is 18.0. The number of carbonyl (C=O) groups excluding carboxylic acids is 1. The van der Waals surface area contributed by atoms with Gasteiger partial charge in [0.25, 0.3) is 0 Å². The second-order valence-electron chi connectivity index (χ2n) is 7.67. The summed E-state index contributed by atoms with van der Waals surface area (Å²) in [6.07, 6.45) is 0.357.